The molecule has 4 rings (SSSR count). The molecule has 1 N–H and O–H groups in total. The van der Waals surface area contributed by atoms with Crippen molar-refractivity contribution >= 4 is 22.4 Å². The van der Waals surface area contributed by atoms with Gasteiger partial charge in [0.2, 0.25) is 0 Å². The highest BCUT2D eigenvalue weighted by Gasteiger charge is 2.15. The Bertz CT molecular complexity index is 1300. The molecular formula is C28H27NO5. The van der Waals surface area contributed by atoms with Gasteiger partial charge in [0.15, 0.2) is 0 Å². The van der Waals surface area contributed by atoms with Crippen molar-refractivity contribution in [1.29, 1.82) is 0 Å². The smallest absolute Gasteiger partial charge is 0.255 e. The Morgan fingerprint density at radius 1 is 0.794 bits per heavy atom. The van der Waals surface area contributed by atoms with Crippen LogP contribution >= 0.6 is 0 Å². The molecule has 1 amide bonds. The highest BCUT2D eigenvalue weighted by molar-refractivity contribution is 6.05. The second-order valence-corrected chi connectivity index (χ2v) is 7.54. The number of ether oxygens (including phenoxy) is 4. The minimum Gasteiger partial charge on any atom is -0.497 e. The third-order valence-electron chi connectivity index (χ3n) is 5.41. The topological polar surface area (TPSA) is 66.0 Å². The van der Waals surface area contributed by atoms with Crippen molar-refractivity contribution in [2.75, 3.05) is 26.1 Å². The summed E-state index contributed by atoms with van der Waals surface area (Å²) in [5.74, 6) is 2.34. The fraction of sp³-hybridized carbons (Fsp3) is 0.179. The molecule has 4 aromatic carbocycles. The molecule has 0 unspecified atom stereocenters. The van der Waals surface area contributed by atoms with E-state index >= 15 is 0 Å². The van der Waals surface area contributed by atoms with E-state index in [1.54, 1.807) is 50.6 Å². The van der Waals surface area contributed by atoms with Crippen molar-refractivity contribution < 1.29 is 23.7 Å². The van der Waals surface area contributed by atoms with Gasteiger partial charge in [0, 0.05) is 22.6 Å². The van der Waals surface area contributed by atoms with Crippen LogP contribution in [-0.2, 0) is 6.61 Å². The van der Waals surface area contributed by atoms with E-state index in [0.717, 1.165) is 22.1 Å². The number of benzene rings is 4. The summed E-state index contributed by atoms with van der Waals surface area (Å²) < 4.78 is 22.6. The molecule has 0 saturated heterocycles. The van der Waals surface area contributed by atoms with Gasteiger partial charge in [-0.1, -0.05) is 36.4 Å². The van der Waals surface area contributed by atoms with Crippen molar-refractivity contribution in [2.24, 2.45) is 0 Å². The molecule has 0 fully saturated rings. The molecule has 0 aliphatic rings. The summed E-state index contributed by atoms with van der Waals surface area (Å²) in [5, 5.41) is 5.04. The molecule has 0 aliphatic heterocycles. The van der Waals surface area contributed by atoms with E-state index in [0.29, 0.717) is 35.1 Å². The van der Waals surface area contributed by atoms with Crippen LogP contribution in [0, 0.1) is 0 Å². The molecule has 6 heteroatoms. The molecule has 0 heterocycles. The predicted octanol–water partition coefficient (Wildman–Crippen LogP) is 6.09. The molecule has 0 aliphatic carbocycles. The van der Waals surface area contributed by atoms with E-state index in [4.69, 9.17) is 18.9 Å². The van der Waals surface area contributed by atoms with Crippen LogP contribution in [0.5, 0.6) is 23.0 Å². The normalized spacial score (nSPS) is 10.6. The van der Waals surface area contributed by atoms with Crippen molar-refractivity contribution in [3.05, 3.63) is 90.0 Å². The summed E-state index contributed by atoms with van der Waals surface area (Å²) in [4.78, 5) is 13.1. The molecule has 0 aromatic heterocycles. The summed E-state index contributed by atoms with van der Waals surface area (Å²) in [5.41, 5.74) is 1.78. The fourth-order valence-corrected chi connectivity index (χ4v) is 3.71. The van der Waals surface area contributed by atoms with Crippen LogP contribution in [0.3, 0.4) is 0 Å². The number of hydrogen-bond acceptors (Lipinski definition) is 5. The average molecular weight is 458 g/mol. The minimum atomic E-state index is -0.277. The van der Waals surface area contributed by atoms with E-state index in [1.165, 1.54) is 0 Å². The minimum absolute atomic E-state index is 0.257. The van der Waals surface area contributed by atoms with Crippen LogP contribution in [0.4, 0.5) is 5.69 Å². The Labute approximate surface area is 199 Å². The van der Waals surface area contributed by atoms with Crippen LogP contribution in [0.25, 0.3) is 10.8 Å². The van der Waals surface area contributed by atoms with Gasteiger partial charge < -0.3 is 24.3 Å². The van der Waals surface area contributed by atoms with E-state index in [1.807, 2.05) is 49.4 Å². The van der Waals surface area contributed by atoms with E-state index < -0.39 is 0 Å². The molecular weight excluding hydrogens is 430 g/mol. The predicted molar refractivity (Wildman–Crippen MR) is 133 cm³/mol. The number of rotatable bonds is 9. The summed E-state index contributed by atoms with van der Waals surface area (Å²) in [7, 11) is 3.12. The van der Waals surface area contributed by atoms with Gasteiger partial charge in [0.25, 0.3) is 5.91 Å². The number of amides is 1. The Morgan fingerprint density at radius 3 is 2.38 bits per heavy atom. The van der Waals surface area contributed by atoms with E-state index in [9.17, 15) is 4.79 Å². The third-order valence-corrected chi connectivity index (χ3v) is 5.41. The first-order valence-electron chi connectivity index (χ1n) is 11.0. The first-order chi connectivity index (χ1) is 16.6. The zero-order chi connectivity index (χ0) is 23.9. The van der Waals surface area contributed by atoms with Crippen LogP contribution in [0.2, 0.25) is 0 Å². The van der Waals surface area contributed by atoms with Crippen molar-refractivity contribution in [2.45, 2.75) is 13.5 Å². The maximum atomic E-state index is 13.1. The molecule has 34 heavy (non-hydrogen) atoms. The SMILES string of the molecule is CCOc1ccc(C(=O)Nc2cc(OC)ccc2OC)cc1COc1cccc2ccccc12. The van der Waals surface area contributed by atoms with Gasteiger partial charge in [-0.2, -0.15) is 0 Å². The Morgan fingerprint density at radius 2 is 1.59 bits per heavy atom. The van der Waals surface area contributed by atoms with Gasteiger partial charge in [-0.15, -0.1) is 0 Å². The van der Waals surface area contributed by atoms with Crippen LogP contribution < -0.4 is 24.3 Å². The van der Waals surface area contributed by atoms with Gasteiger partial charge in [0.1, 0.15) is 29.6 Å². The van der Waals surface area contributed by atoms with Gasteiger partial charge in [-0.05, 0) is 48.7 Å². The van der Waals surface area contributed by atoms with Gasteiger partial charge in [-0.3, -0.25) is 4.79 Å². The highest BCUT2D eigenvalue weighted by atomic mass is 16.5. The first-order valence-corrected chi connectivity index (χ1v) is 11.0. The van der Waals surface area contributed by atoms with Crippen molar-refractivity contribution in [3.63, 3.8) is 0 Å². The largest absolute Gasteiger partial charge is 0.497 e. The fourth-order valence-electron chi connectivity index (χ4n) is 3.71. The Balaban J connectivity index is 1.59. The van der Waals surface area contributed by atoms with Crippen LogP contribution in [0.15, 0.2) is 78.9 Å². The maximum absolute atomic E-state index is 13.1. The van der Waals surface area contributed by atoms with Crippen LogP contribution in [-0.4, -0.2) is 26.7 Å². The van der Waals surface area contributed by atoms with Gasteiger partial charge in [0.05, 0.1) is 26.5 Å². The number of carbonyl (C=O) groups is 1. The van der Waals surface area contributed by atoms with Crippen LogP contribution in [0.1, 0.15) is 22.8 Å². The van der Waals surface area contributed by atoms with E-state index in [2.05, 4.69) is 5.32 Å². The molecule has 4 aromatic rings. The zero-order valence-corrected chi connectivity index (χ0v) is 19.5. The van der Waals surface area contributed by atoms with Gasteiger partial charge >= 0.3 is 0 Å². The first kappa shape index (κ1) is 23.0. The number of methoxy groups -OCH3 is 2. The lowest BCUT2D eigenvalue weighted by Crippen LogP contribution is -2.14. The lowest BCUT2D eigenvalue weighted by molar-refractivity contribution is 0.102. The van der Waals surface area contributed by atoms with Crippen molar-refractivity contribution in [3.8, 4) is 23.0 Å². The molecule has 0 bridgehead atoms. The molecule has 6 nitrogen and oxygen atoms in total. The zero-order valence-electron chi connectivity index (χ0n) is 19.5. The highest BCUT2D eigenvalue weighted by Crippen LogP contribution is 2.31. The van der Waals surface area contributed by atoms with E-state index in [-0.39, 0.29) is 12.5 Å². The molecule has 174 valence electrons. The second-order valence-electron chi connectivity index (χ2n) is 7.54. The number of hydrogen-bond donors (Lipinski definition) is 1. The average Bonchev–Trinajstić information content (AvgIpc) is 2.88. The lowest BCUT2D eigenvalue weighted by atomic mass is 10.1. The molecule has 0 saturated carbocycles. The summed E-state index contributed by atoms with van der Waals surface area (Å²) in [6.07, 6.45) is 0. The standard InChI is InChI=1S/C28H27NO5/c1-4-33-25-14-12-20(28(30)29-24-17-22(31-2)13-15-27(24)32-3)16-21(25)18-34-26-11-7-9-19-8-5-6-10-23(19)26/h5-17H,4,18H2,1-3H3,(H,29,30). The van der Waals surface area contributed by atoms with Crippen molar-refractivity contribution in [1.82, 2.24) is 0 Å². The molecule has 0 atom stereocenters. The number of fused-ring (bicyclic) bond motifs is 1. The monoisotopic (exact) mass is 457 g/mol. The second kappa shape index (κ2) is 10.6. The van der Waals surface area contributed by atoms with Gasteiger partial charge in [-0.25, -0.2) is 0 Å². The maximum Gasteiger partial charge on any atom is 0.255 e. The molecule has 0 radical (unpaired) electrons. The third kappa shape index (κ3) is 5.07. The Hall–Kier alpha value is -4.19. The summed E-state index contributed by atoms with van der Waals surface area (Å²) >= 11 is 0. The quantitative estimate of drug-likeness (QED) is 0.330. The number of carbonyl (C=O) groups excluding carboxylic acids is 1. The number of nitrogens with one attached hydrogen (secondary N) is 1. The number of anilines is 1. The summed E-state index contributed by atoms with van der Waals surface area (Å²) in [6, 6.07) is 24.6. The molecule has 0 spiro atoms. The lowest BCUT2D eigenvalue weighted by Gasteiger charge is -2.15. The summed E-state index contributed by atoms with van der Waals surface area (Å²) in [6.45, 7) is 2.69. The Kier molecular flexibility index (Phi) is 7.18.